The van der Waals surface area contributed by atoms with Crippen LogP contribution in [-0.4, -0.2) is 82.8 Å². The van der Waals surface area contributed by atoms with E-state index in [9.17, 15) is 19.5 Å². The fourth-order valence-corrected chi connectivity index (χ4v) is 3.70. The van der Waals surface area contributed by atoms with Gasteiger partial charge in [0.15, 0.2) is 0 Å². The Morgan fingerprint density at radius 2 is 1.53 bits per heavy atom. The molecule has 4 N–H and O–H groups in total. The summed E-state index contributed by atoms with van der Waals surface area (Å²) in [6.07, 6.45) is -1.65. The number of nitrogens with one attached hydrogen (secondary N) is 1. The van der Waals surface area contributed by atoms with E-state index in [2.05, 4.69) is 24.1 Å². The lowest BCUT2D eigenvalue weighted by molar-refractivity contribution is -0.139. The largest absolute Gasteiger partial charge is 0.443 e. The minimum atomic E-state index is -1.25. The summed E-state index contributed by atoms with van der Waals surface area (Å²) in [5, 5.41) is 13.9. The third-order valence-corrected chi connectivity index (χ3v) is 5.40. The Balaban J connectivity index is 5.73. The molecule has 3 atom stereocenters. The van der Waals surface area contributed by atoms with Gasteiger partial charge in [0.05, 0.1) is 24.6 Å². The Bertz CT molecular complexity index is 629. The van der Waals surface area contributed by atoms with Crippen LogP contribution in [-0.2, 0) is 14.3 Å². The highest BCUT2D eigenvalue weighted by Gasteiger charge is 2.40. The second-order valence-corrected chi connectivity index (χ2v) is 10.8. The lowest BCUT2D eigenvalue weighted by Crippen LogP contribution is -2.57. The van der Waals surface area contributed by atoms with Gasteiger partial charge in [-0.15, -0.1) is 0 Å². The number of ether oxygens (including phenoxy) is 1. The number of nitrogens with two attached hydrogens (primary N) is 1. The van der Waals surface area contributed by atoms with Crippen molar-refractivity contribution < 1.29 is 24.2 Å². The molecular weight excluding hydrogens is 436 g/mol. The molecule has 9 heteroatoms. The van der Waals surface area contributed by atoms with Crippen molar-refractivity contribution in [2.45, 2.75) is 105 Å². The Hall–Kier alpha value is -1.71. The molecule has 3 amide bonds. The zero-order valence-electron chi connectivity index (χ0n) is 22.9. The molecule has 0 aromatic rings. The van der Waals surface area contributed by atoms with E-state index in [4.69, 9.17) is 10.5 Å². The molecule has 0 fully saturated rings. The smallest absolute Gasteiger partial charge is 0.417 e. The van der Waals surface area contributed by atoms with Gasteiger partial charge in [-0.05, 0) is 58.5 Å². The van der Waals surface area contributed by atoms with Crippen molar-refractivity contribution in [1.82, 2.24) is 15.1 Å². The van der Waals surface area contributed by atoms with Crippen molar-refractivity contribution in [3.63, 3.8) is 0 Å². The normalized spacial score (nSPS) is 14.8. The van der Waals surface area contributed by atoms with E-state index in [1.165, 1.54) is 0 Å². The van der Waals surface area contributed by atoms with E-state index >= 15 is 0 Å². The zero-order chi connectivity index (χ0) is 26.6. The number of nitrogens with zero attached hydrogens (tertiary/aromatic N) is 2. The highest BCUT2D eigenvalue weighted by Crippen LogP contribution is 2.22. The van der Waals surface area contributed by atoms with Crippen LogP contribution in [0.1, 0.15) is 81.6 Å². The first-order valence-corrected chi connectivity index (χ1v) is 12.6. The number of imide groups is 1. The SMILES string of the molecule is CCN(CC)CCNC(=O)C[C@H](O)[C@H](CC(C)C)N(C(=O)OC(C)(C)C)C(=O)[C@@H](N)CC(C)C. The average Bonchev–Trinajstić information content (AvgIpc) is 2.68. The van der Waals surface area contributed by atoms with Gasteiger partial charge in [-0.3, -0.25) is 9.59 Å². The molecule has 0 bridgehead atoms. The Labute approximate surface area is 206 Å². The molecule has 0 heterocycles. The van der Waals surface area contributed by atoms with Crippen LogP contribution in [0.25, 0.3) is 0 Å². The van der Waals surface area contributed by atoms with Crippen molar-refractivity contribution in [2.24, 2.45) is 17.6 Å². The molecule has 0 unspecified atom stereocenters. The van der Waals surface area contributed by atoms with E-state index in [1.807, 2.05) is 27.7 Å². The van der Waals surface area contributed by atoms with Crippen LogP contribution in [0.15, 0.2) is 0 Å². The first kappa shape index (κ1) is 32.3. The number of hydrogen-bond donors (Lipinski definition) is 3. The summed E-state index contributed by atoms with van der Waals surface area (Å²) in [7, 11) is 0. The lowest BCUT2D eigenvalue weighted by Gasteiger charge is -2.36. The van der Waals surface area contributed by atoms with E-state index in [-0.39, 0.29) is 24.2 Å². The first-order chi connectivity index (χ1) is 15.6. The number of carbonyl (C=O) groups is 3. The second kappa shape index (κ2) is 15.3. The Morgan fingerprint density at radius 3 is 1.97 bits per heavy atom. The number of likely N-dealkylation sites (N-methyl/N-ethyl adjacent to an activating group) is 1. The Kier molecular flexibility index (Phi) is 14.5. The summed E-state index contributed by atoms with van der Waals surface area (Å²) in [4.78, 5) is 42.1. The molecular formula is C25H50N4O5. The van der Waals surface area contributed by atoms with Crippen LogP contribution in [0, 0.1) is 11.8 Å². The minimum Gasteiger partial charge on any atom is -0.443 e. The number of amides is 3. The van der Waals surface area contributed by atoms with Gasteiger partial charge in [-0.25, -0.2) is 9.69 Å². The molecule has 0 saturated carbocycles. The number of carbonyl (C=O) groups excluding carboxylic acids is 3. The van der Waals surface area contributed by atoms with E-state index < -0.39 is 35.8 Å². The summed E-state index contributed by atoms with van der Waals surface area (Å²) >= 11 is 0. The number of hydrogen-bond acceptors (Lipinski definition) is 7. The summed E-state index contributed by atoms with van der Waals surface area (Å²) in [5.74, 6) is -0.750. The highest BCUT2D eigenvalue weighted by molar-refractivity contribution is 5.95. The molecule has 0 aliphatic carbocycles. The maximum absolute atomic E-state index is 13.3. The van der Waals surface area contributed by atoms with Crippen LogP contribution in [0.5, 0.6) is 0 Å². The number of rotatable bonds is 14. The highest BCUT2D eigenvalue weighted by atomic mass is 16.6. The van der Waals surface area contributed by atoms with Crippen LogP contribution in [0.3, 0.4) is 0 Å². The zero-order valence-corrected chi connectivity index (χ0v) is 22.9. The third kappa shape index (κ3) is 12.7. The Morgan fingerprint density at radius 1 is 1.00 bits per heavy atom. The lowest BCUT2D eigenvalue weighted by atomic mass is 9.94. The molecule has 0 aliphatic rings. The summed E-state index contributed by atoms with van der Waals surface area (Å²) in [6, 6.07) is -1.86. The fraction of sp³-hybridized carbons (Fsp3) is 0.880. The quantitative estimate of drug-likeness (QED) is 0.345. The molecule has 9 nitrogen and oxygen atoms in total. The topological polar surface area (TPSA) is 125 Å². The van der Waals surface area contributed by atoms with Gasteiger partial charge in [0, 0.05) is 13.1 Å². The van der Waals surface area contributed by atoms with Gasteiger partial charge in [-0.1, -0.05) is 41.5 Å². The van der Waals surface area contributed by atoms with E-state index in [0.29, 0.717) is 25.9 Å². The van der Waals surface area contributed by atoms with Gasteiger partial charge in [-0.2, -0.15) is 0 Å². The van der Waals surface area contributed by atoms with Crippen molar-refractivity contribution in [3.05, 3.63) is 0 Å². The number of aliphatic hydroxyl groups is 1. The third-order valence-electron chi connectivity index (χ3n) is 5.40. The second-order valence-electron chi connectivity index (χ2n) is 10.8. The minimum absolute atomic E-state index is 0.0458. The number of aliphatic hydroxyl groups excluding tert-OH is 1. The molecule has 0 aliphatic heterocycles. The predicted molar refractivity (Wildman–Crippen MR) is 135 cm³/mol. The first-order valence-electron chi connectivity index (χ1n) is 12.6. The molecule has 0 aromatic heterocycles. The van der Waals surface area contributed by atoms with E-state index in [1.54, 1.807) is 20.8 Å². The molecule has 0 rings (SSSR count). The standard InChI is InChI=1S/C25H50N4O5/c1-10-28(11-2)13-12-27-22(31)16-21(30)20(15-18(5)6)29(24(33)34-25(7,8)9)23(32)19(26)14-17(3)4/h17-21,30H,10-16,26H2,1-9H3,(H,27,31)/t19-,20-,21-/m0/s1. The van der Waals surface area contributed by atoms with Crippen LogP contribution in [0.4, 0.5) is 4.79 Å². The van der Waals surface area contributed by atoms with Gasteiger partial charge in [0.25, 0.3) is 0 Å². The van der Waals surface area contributed by atoms with Crippen LogP contribution >= 0.6 is 0 Å². The van der Waals surface area contributed by atoms with Crippen molar-refractivity contribution in [3.8, 4) is 0 Å². The molecule has 0 aromatic carbocycles. The average molecular weight is 487 g/mol. The van der Waals surface area contributed by atoms with Crippen LogP contribution < -0.4 is 11.1 Å². The van der Waals surface area contributed by atoms with Gasteiger partial charge in [0.2, 0.25) is 11.8 Å². The molecule has 34 heavy (non-hydrogen) atoms. The molecule has 0 radical (unpaired) electrons. The van der Waals surface area contributed by atoms with Crippen molar-refractivity contribution >= 4 is 17.9 Å². The maximum atomic E-state index is 13.3. The predicted octanol–water partition coefficient (Wildman–Crippen LogP) is 2.75. The fourth-order valence-electron chi connectivity index (χ4n) is 3.70. The molecule has 0 spiro atoms. The summed E-state index contributed by atoms with van der Waals surface area (Å²) in [6.45, 7) is 19.9. The van der Waals surface area contributed by atoms with Crippen molar-refractivity contribution in [1.29, 1.82) is 0 Å². The molecule has 0 saturated heterocycles. The van der Waals surface area contributed by atoms with Crippen molar-refractivity contribution in [2.75, 3.05) is 26.2 Å². The van der Waals surface area contributed by atoms with Gasteiger partial charge >= 0.3 is 6.09 Å². The van der Waals surface area contributed by atoms with Gasteiger partial charge in [0.1, 0.15) is 5.60 Å². The van der Waals surface area contributed by atoms with E-state index in [0.717, 1.165) is 18.0 Å². The molecule has 200 valence electrons. The summed E-state index contributed by atoms with van der Waals surface area (Å²) in [5.41, 5.74) is 5.31. The van der Waals surface area contributed by atoms with Crippen LogP contribution in [0.2, 0.25) is 0 Å². The maximum Gasteiger partial charge on any atom is 0.417 e. The monoisotopic (exact) mass is 486 g/mol. The summed E-state index contributed by atoms with van der Waals surface area (Å²) < 4.78 is 5.50. The van der Waals surface area contributed by atoms with Gasteiger partial charge < -0.3 is 25.8 Å².